The smallest absolute Gasteiger partial charge is 0.388 e. The number of benzene rings is 1. The number of aromatic nitrogens is 4. The fourth-order valence-electron chi connectivity index (χ4n) is 3.32. The SMILES string of the molecule is Cc1cc2nc3c(=O)[nH]c(=O)nc-3n(C[C@@H](O)[C@@H](O)[C@H](COP(=O)(O)O)OP(=O)(O)O)c2cc1C. The van der Waals surface area contributed by atoms with Crippen LogP contribution in [0.4, 0.5) is 0 Å². The van der Waals surface area contributed by atoms with Crippen LogP contribution in [0.1, 0.15) is 11.1 Å². The number of aliphatic hydroxyl groups is 2. The predicted molar refractivity (Wildman–Crippen MR) is 117 cm³/mol. The van der Waals surface area contributed by atoms with Gasteiger partial charge in [-0.1, -0.05) is 0 Å². The first-order valence-electron chi connectivity index (χ1n) is 9.78. The molecule has 18 heteroatoms. The first-order chi connectivity index (χ1) is 16.1. The highest BCUT2D eigenvalue weighted by Crippen LogP contribution is 2.41. The molecule has 0 aliphatic carbocycles. The molecule has 0 aromatic heterocycles. The molecule has 1 aromatic rings. The minimum absolute atomic E-state index is 0.250. The molecule has 0 fully saturated rings. The number of aromatic amines is 1. The molecule has 7 N–H and O–H groups in total. The van der Waals surface area contributed by atoms with Gasteiger partial charge >= 0.3 is 21.3 Å². The van der Waals surface area contributed by atoms with Gasteiger partial charge < -0.3 is 34.4 Å². The molecule has 35 heavy (non-hydrogen) atoms. The summed E-state index contributed by atoms with van der Waals surface area (Å²) in [5.74, 6) is -0.250. The molecule has 0 radical (unpaired) electrons. The molecule has 3 rings (SSSR count). The molecule has 0 amide bonds. The summed E-state index contributed by atoms with van der Waals surface area (Å²) in [4.78, 5) is 70.1. The van der Waals surface area contributed by atoms with E-state index < -0.39 is 58.4 Å². The lowest BCUT2D eigenvalue weighted by molar-refractivity contribution is -0.0764. The van der Waals surface area contributed by atoms with E-state index in [1.165, 1.54) is 4.57 Å². The standard InChI is InChI=1S/C17H22N4O12P2/c1-7-3-9-10(4-8(7)2)21(15-13(18-9)16(24)20-17(25)19-15)5-11(22)14(23)12(33-35(29,30)31)6-32-34(26,27)28/h3-4,11-12,14,22-23H,5-6H2,1-2H3,(H,20,24,25)(H2,26,27,28)(H2,29,30,31)/t11-,12+,14-/m1/s1. The van der Waals surface area contributed by atoms with Crippen LogP contribution < -0.4 is 11.2 Å². The monoisotopic (exact) mass is 536 g/mol. The van der Waals surface area contributed by atoms with Gasteiger partial charge in [-0.2, -0.15) is 4.98 Å². The largest absolute Gasteiger partial charge is 0.470 e. The molecule has 0 saturated carbocycles. The Morgan fingerprint density at radius 3 is 2.26 bits per heavy atom. The minimum atomic E-state index is -5.30. The molecule has 2 aliphatic heterocycles. The van der Waals surface area contributed by atoms with E-state index in [0.29, 0.717) is 5.52 Å². The third-order valence-corrected chi connectivity index (χ3v) is 6.08. The highest BCUT2D eigenvalue weighted by atomic mass is 31.2. The Bertz CT molecular complexity index is 1430. The van der Waals surface area contributed by atoms with Gasteiger partial charge in [-0.05, 0) is 37.1 Å². The van der Waals surface area contributed by atoms with Crippen LogP contribution in [0.2, 0.25) is 0 Å². The first-order valence-corrected chi connectivity index (χ1v) is 12.8. The maximum Gasteiger partial charge on any atom is 0.470 e. The van der Waals surface area contributed by atoms with Gasteiger partial charge in [-0.3, -0.25) is 18.8 Å². The summed E-state index contributed by atoms with van der Waals surface area (Å²) in [7, 11) is -10.4. The van der Waals surface area contributed by atoms with Crippen LogP contribution in [0.15, 0.2) is 21.7 Å². The van der Waals surface area contributed by atoms with E-state index in [9.17, 15) is 28.9 Å². The summed E-state index contributed by atoms with van der Waals surface area (Å²) < 4.78 is 32.0. The Kier molecular flexibility index (Phi) is 7.74. The number of phosphoric ester groups is 2. The topological polar surface area (TPSA) is 255 Å². The second kappa shape index (κ2) is 9.95. The van der Waals surface area contributed by atoms with Crippen LogP contribution in [0, 0.1) is 13.8 Å². The fourth-order valence-corrected chi connectivity index (χ4v) is 4.20. The zero-order valence-corrected chi connectivity index (χ0v) is 20.0. The molecule has 2 heterocycles. The van der Waals surface area contributed by atoms with Crippen molar-refractivity contribution in [3.8, 4) is 11.5 Å². The third kappa shape index (κ3) is 6.65. The second-order valence-electron chi connectivity index (χ2n) is 7.67. The maximum atomic E-state index is 12.3. The van der Waals surface area contributed by atoms with E-state index in [0.717, 1.165) is 11.1 Å². The Balaban J connectivity index is 2.09. The molecular weight excluding hydrogens is 514 g/mol. The number of aliphatic hydroxyl groups excluding tert-OH is 2. The number of rotatable bonds is 9. The lowest BCUT2D eigenvalue weighted by atomic mass is 10.1. The zero-order valence-electron chi connectivity index (χ0n) is 18.2. The van der Waals surface area contributed by atoms with Gasteiger partial charge in [0.25, 0.3) is 5.56 Å². The summed E-state index contributed by atoms with van der Waals surface area (Å²) >= 11 is 0. The van der Waals surface area contributed by atoms with Crippen LogP contribution >= 0.6 is 15.6 Å². The lowest BCUT2D eigenvalue weighted by Crippen LogP contribution is -2.43. The summed E-state index contributed by atoms with van der Waals surface area (Å²) in [6.45, 7) is 1.75. The van der Waals surface area contributed by atoms with E-state index in [1.54, 1.807) is 26.0 Å². The van der Waals surface area contributed by atoms with E-state index in [4.69, 9.17) is 19.6 Å². The van der Waals surface area contributed by atoms with Gasteiger partial charge in [0.05, 0.1) is 24.2 Å². The van der Waals surface area contributed by atoms with Gasteiger partial charge in [0.2, 0.25) is 0 Å². The van der Waals surface area contributed by atoms with Gasteiger partial charge in [0.1, 0.15) is 18.3 Å². The fraction of sp³-hybridized carbons (Fsp3) is 0.412. The van der Waals surface area contributed by atoms with Crippen molar-refractivity contribution in [2.24, 2.45) is 0 Å². The average molecular weight is 536 g/mol. The van der Waals surface area contributed by atoms with Crippen molar-refractivity contribution in [1.82, 2.24) is 19.5 Å². The number of nitrogens with one attached hydrogen (secondary N) is 1. The van der Waals surface area contributed by atoms with Crippen molar-refractivity contribution in [2.45, 2.75) is 38.7 Å². The molecule has 0 bridgehead atoms. The van der Waals surface area contributed by atoms with Crippen LogP contribution in [-0.2, 0) is 24.7 Å². The Morgan fingerprint density at radius 2 is 1.66 bits per heavy atom. The van der Waals surface area contributed by atoms with Crippen molar-refractivity contribution in [1.29, 1.82) is 0 Å². The summed E-state index contributed by atoms with van der Waals surface area (Å²) in [5.41, 5.74) is 0.0355. The van der Waals surface area contributed by atoms with Gasteiger partial charge in [-0.15, -0.1) is 0 Å². The van der Waals surface area contributed by atoms with Gasteiger partial charge in [-0.25, -0.2) is 18.9 Å². The van der Waals surface area contributed by atoms with Crippen LogP contribution in [0.3, 0.4) is 0 Å². The Labute approximate surface area is 195 Å². The van der Waals surface area contributed by atoms with E-state index >= 15 is 0 Å². The van der Waals surface area contributed by atoms with Gasteiger partial charge in [0, 0.05) is 0 Å². The number of phosphoric acid groups is 2. The molecule has 0 saturated heterocycles. The number of nitrogens with zero attached hydrogens (tertiary/aromatic N) is 3. The van der Waals surface area contributed by atoms with Crippen LogP contribution in [0.5, 0.6) is 0 Å². The molecular formula is C17H22N4O12P2. The second-order valence-corrected chi connectivity index (χ2v) is 10.1. The van der Waals surface area contributed by atoms with Crippen molar-refractivity contribution in [3.05, 3.63) is 44.1 Å². The molecule has 3 atom stereocenters. The minimum Gasteiger partial charge on any atom is -0.388 e. The molecule has 1 aromatic carbocycles. The summed E-state index contributed by atoms with van der Waals surface area (Å²) in [6, 6.07) is 3.27. The molecule has 16 nitrogen and oxygen atoms in total. The molecule has 192 valence electrons. The molecule has 0 unspecified atom stereocenters. The predicted octanol–water partition coefficient (Wildman–Crippen LogP) is -1.49. The highest BCUT2D eigenvalue weighted by Gasteiger charge is 2.35. The number of H-pyrrole nitrogens is 1. The normalized spacial score (nSPS) is 15.4. The van der Waals surface area contributed by atoms with Crippen molar-refractivity contribution in [3.63, 3.8) is 0 Å². The van der Waals surface area contributed by atoms with Crippen molar-refractivity contribution in [2.75, 3.05) is 6.61 Å². The average Bonchev–Trinajstić information content (AvgIpc) is 2.71. The number of aryl methyl sites for hydroxylation is 2. The van der Waals surface area contributed by atoms with E-state index in [2.05, 4.69) is 19.0 Å². The van der Waals surface area contributed by atoms with E-state index in [1.807, 2.05) is 4.98 Å². The molecule has 2 aliphatic rings. The number of hydrogen-bond donors (Lipinski definition) is 7. The maximum absolute atomic E-state index is 12.3. The molecule has 0 spiro atoms. The zero-order chi connectivity index (χ0) is 26.3. The first kappa shape index (κ1) is 27.2. The summed E-state index contributed by atoms with van der Waals surface area (Å²) in [6.07, 6.45) is -6.18. The Hall–Kier alpha value is -2.36. The third-order valence-electron chi connectivity index (χ3n) is 5.05. The lowest BCUT2D eigenvalue weighted by Gasteiger charge is -2.28. The summed E-state index contributed by atoms with van der Waals surface area (Å²) in [5, 5.41) is 21.2. The van der Waals surface area contributed by atoms with Crippen LogP contribution in [-0.4, -0.2) is 74.2 Å². The quantitative estimate of drug-likeness (QED) is 0.121. The number of hydrogen-bond acceptors (Lipinski definition) is 10. The van der Waals surface area contributed by atoms with Crippen molar-refractivity contribution < 1.29 is 48.0 Å². The van der Waals surface area contributed by atoms with Gasteiger partial charge in [0.15, 0.2) is 11.5 Å². The highest BCUT2D eigenvalue weighted by molar-refractivity contribution is 7.46. The van der Waals surface area contributed by atoms with Crippen molar-refractivity contribution >= 4 is 26.7 Å². The van der Waals surface area contributed by atoms with Crippen LogP contribution in [0.25, 0.3) is 22.6 Å². The Morgan fingerprint density at radius 1 is 1.03 bits per heavy atom. The van der Waals surface area contributed by atoms with E-state index in [-0.39, 0.29) is 17.0 Å². The number of fused-ring (bicyclic) bond motifs is 2.